The smallest absolute Gasteiger partial charge is 0.226 e. The van der Waals surface area contributed by atoms with Gasteiger partial charge in [-0.1, -0.05) is 37.5 Å². The summed E-state index contributed by atoms with van der Waals surface area (Å²) in [5.41, 5.74) is 4.82. The van der Waals surface area contributed by atoms with Crippen LogP contribution in [0.25, 0.3) is 0 Å². The Kier molecular flexibility index (Phi) is 7.55. The molecule has 3 heterocycles. The number of carbonyl (C=O) groups is 1. The number of nitrogens with one attached hydrogen (secondary N) is 2. The SMILES string of the molecule is Cc1cc([C@H]2[C@H](c3ccccn3)NC(=S)N2CCC(=O)Nc2ccccc2F)c(C)n1C1CCCCC1. The maximum absolute atomic E-state index is 14.0. The van der Waals surface area contributed by atoms with E-state index >= 15 is 0 Å². The molecule has 194 valence electrons. The van der Waals surface area contributed by atoms with Crippen molar-refractivity contribution in [2.45, 2.75) is 70.5 Å². The Balaban J connectivity index is 1.43. The largest absolute Gasteiger partial charge is 0.352 e. The molecule has 1 aliphatic heterocycles. The fourth-order valence-electron chi connectivity index (χ4n) is 5.99. The van der Waals surface area contributed by atoms with Crippen molar-refractivity contribution >= 4 is 28.9 Å². The first-order valence-corrected chi connectivity index (χ1v) is 13.6. The molecule has 8 heteroatoms. The molecule has 5 rings (SSSR count). The van der Waals surface area contributed by atoms with E-state index in [0.29, 0.717) is 17.7 Å². The molecule has 3 aromatic rings. The molecule has 37 heavy (non-hydrogen) atoms. The molecule has 0 unspecified atom stereocenters. The third-order valence-corrected chi connectivity index (χ3v) is 8.06. The van der Waals surface area contributed by atoms with Crippen LogP contribution in [0.5, 0.6) is 0 Å². The van der Waals surface area contributed by atoms with E-state index in [0.717, 1.165) is 5.69 Å². The zero-order valence-corrected chi connectivity index (χ0v) is 22.2. The van der Waals surface area contributed by atoms with Gasteiger partial charge < -0.3 is 20.1 Å². The van der Waals surface area contributed by atoms with E-state index in [9.17, 15) is 9.18 Å². The highest BCUT2D eigenvalue weighted by molar-refractivity contribution is 7.80. The Bertz CT molecular complexity index is 1270. The van der Waals surface area contributed by atoms with E-state index in [-0.39, 0.29) is 30.1 Å². The lowest BCUT2D eigenvalue weighted by atomic mass is 9.94. The van der Waals surface area contributed by atoms with Crippen LogP contribution >= 0.6 is 12.2 Å². The van der Waals surface area contributed by atoms with E-state index in [2.05, 4.69) is 45.0 Å². The molecule has 2 N–H and O–H groups in total. The number of halogens is 1. The summed E-state index contributed by atoms with van der Waals surface area (Å²) in [6, 6.07) is 14.7. The van der Waals surface area contributed by atoms with E-state index in [4.69, 9.17) is 12.2 Å². The summed E-state index contributed by atoms with van der Waals surface area (Å²) in [4.78, 5) is 19.5. The molecule has 0 bridgehead atoms. The van der Waals surface area contributed by atoms with Crippen molar-refractivity contribution in [2.75, 3.05) is 11.9 Å². The number of benzene rings is 1. The van der Waals surface area contributed by atoms with Crippen molar-refractivity contribution in [2.24, 2.45) is 0 Å². The molecule has 6 nitrogen and oxygen atoms in total. The lowest BCUT2D eigenvalue weighted by Gasteiger charge is -2.29. The first kappa shape index (κ1) is 25.4. The van der Waals surface area contributed by atoms with Gasteiger partial charge in [-0.3, -0.25) is 9.78 Å². The number of amides is 1. The first-order chi connectivity index (χ1) is 17.9. The summed E-state index contributed by atoms with van der Waals surface area (Å²) in [5, 5.41) is 6.77. The number of hydrogen-bond donors (Lipinski definition) is 2. The fourth-order valence-corrected chi connectivity index (χ4v) is 6.32. The van der Waals surface area contributed by atoms with E-state index in [1.165, 1.54) is 55.1 Å². The van der Waals surface area contributed by atoms with Crippen LogP contribution in [-0.4, -0.2) is 32.0 Å². The van der Waals surface area contributed by atoms with Crippen molar-refractivity contribution in [3.05, 3.63) is 83.2 Å². The van der Waals surface area contributed by atoms with Crippen LogP contribution in [0.15, 0.2) is 54.7 Å². The molecule has 1 amide bonds. The second-order valence-corrected chi connectivity index (χ2v) is 10.5. The maximum atomic E-state index is 14.0. The summed E-state index contributed by atoms with van der Waals surface area (Å²) in [5.74, 6) is -0.696. The number of aromatic nitrogens is 2. The average molecular weight is 520 g/mol. The van der Waals surface area contributed by atoms with Crippen LogP contribution < -0.4 is 10.6 Å². The lowest BCUT2D eigenvalue weighted by molar-refractivity contribution is -0.116. The molecule has 2 aromatic heterocycles. The van der Waals surface area contributed by atoms with Crippen molar-refractivity contribution in [3.8, 4) is 0 Å². The summed E-state index contributed by atoms with van der Waals surface area (Å²) < 4.78 is 16.6. The molecule has 2 fully saturated rings. The number of para-hydroxylation sites is 1. The fraction of sp³-hybridized carbons (Fsp3) is 0.414. The lowest BCUT2D eigenvalue weighted by Crippen LogP contribution is -2.33. The highest BCUT2D eigenvalue weighted by Gasteiger charge is 2.41. The summed E-state index contributed by atoms with van der Waals surface area (Å²) in [7, 11) is 0. The molecule has 0 spiro atoms. The molecule has 2 atom stereocenters. The number of carbonyl (C=O) groups excluding carboxylic acids is 1. The molecule has 1 aliphatic carbocycles. The minimum atomic E-state index is -0.447. The average Bonchev–Trinajstić information content (AvgIpc) is 3.39. The van der Waals surface area contributed by atoms with Crippen LogP contribution in [0.2, 0.25) is 0 Å². The maximum Gasteiger partial charge on any atom is 0.226 e. The van der Waals surface area contributed by atoms with E-state index in [1.807, 2.05) is 18.2 Å². The number of thiocarbonyl (C=S) groups is 1. The van der Waals surface area contributed by atoms with Crippen molar-refractivity contribution < 1.29 is 9.18 Å². The van der Waals surface area contributed by atoms with Gasteiger partial charge in [-0.05, 0) is 74.8 Å². The third-order valence-electron chi connectivity index (χ3n) is 7.71. The van der Waals surface area contributed by atoms with Gasteiger partial charge in [0.1, 0.15) is 5.82 Å². The number of nitrogens with zero attached hydrogens (tertiary/aromatic N) is 3. The zero-order chi connectivity index (χ0) is 25.9. The Morgan fingerprint density at radius 3 is 2.62 bits per heavy atom. The molecule has 2 aliphatic rings. The summed E-state index contributed by atoms with van der Waals surface area (Å²) in [6.45, 7) is 4.80. The van der Waals surface area contributed by atoms with Gasteiger partial charge in [0.2, 0.25) is 5.91 Å². The Morgan fingerprint density at radius 2 is 1.89 bits per heavy atom. The normalized spacial score (nSPS) is 20.2. The summed E-state index contributed by atoms with van der Waals surface area (Å²) in [6.07, 6.45) is 8.25. The van der Waals surface area contributed by atoms with Gasteiger partial charge >= 0.3 is 0 Å². The Labute approximate surface area is 223 Å². The van der Waals surface area contributed by atoms with Gasteiger partial charge in [-0.25, -0.2) is 4.39 Å². The van der Waals surface area contributed by atoms with E-state index < -0.39 is 5.82 Å². The van der Waals surface area contributed by atoms with E-state index in [1.54, 1.807) is 24.4 Å². The molecule has 1 aromatic carbocycles. The zero-order valence-electron chi connectivity index (χ0n) is 21.4. The minimum Gasteiger partial charge on any atom is -0.352 e. The topological polar surface area (TPSA) is 62.2 Å². The molecule has 1 saturated carbocycles. The van der Waals surface area contributed by atoms with Gasteiger partial charge in [0.15, 0.2) is 5.11 Å². The summed E-state index contributed by atoms with van der Waals surface area (Å²) >= 11 is 5.79. The van der Waals surface area contributed by atoms with Crippen LogP contribution in [0.3, 0.4) is 0 Å². The second kappa shape index (κ2) is 11.0. The van der Waals surface area contributed by atoms with Crippen molar-refractivity contribution in [3.63, 3.8) is 0 Å². The highest BCUT2D eigenvalue weighted by atomic mass is 32.1. The quantitative estimate of drug-likeness (QED) is 0.367. The Hall–Kier alpha value is -3.26. The first-order valence-electron chi connectivity index (χ1n) is 13.1. The van der Waals surface area contributed by atoms with Crippen molar-refractivity contribution in [1.82, 2.24) is 19.8 Å². The number of pyridine rings is 1. The minimum absolute atomic E-state index is 0.104. The van der Waals surface area contributed by atoms with Crippen LogP contribution in [-0.2, 0) is 4.79 Å². The second-order valence-electron chi connectivity index (χ2n) is 10.1. The van der Waals surface area contributed by atoms with Gasteiger partial charge in [-0.2, -0.15) is 0 Å². The molecular weight excluding hydrogens is 485 g/mol. The number of rotatable bonds is 7. The molecule has 1 saturated heterocycles. The van der Waals surface area contributed by atoms with Gasteiger partial charge in [0, 0.05) is 36.6 Å². The predicted octanol–water partition coefficient (Wildman–Crippen LogP) is 6.15. The number of aryl methyl sites for hydroxylation is 1. The molecule has 0 radical (unpaired) electrons. The standard InChI is InChI=1S/C29H34FN5OS/c1-19-18-22(20(2)35(19)21-10-4-3-5-11-21)28-27(25-14-8-9-16-31-25)33-29(37)34(28)17-15-26(36)32-24-13-7-6-12-23(24)30/h6-9,12-14,16,18,21,27-28H,3-5,10-11,15,17H2,1-2H3,(H,32,36)(H,33,37)/t27-,28-/m0/s1. The van der Waals surface area contributed by atoms with Crippen LogP contribution in [0.4, 0.5) is 10.1 Å². The highest BCUT2D eigenvalue weighted by Crippen LogP contribution is 2.42. The van der Waals surface area contributed by atoms with Gasteiger partial charge in [0.05, 0.1) is 23.5 Å². The number of anilines is 1. The van der Waals surface area contributed by atoms with Crippen LogP contribution in [0.1, 0.15) is 79.3 Å². The Morgan fingerprint density at radius 1 is 1.14 bits per heavy atom. The van der Waals surface area contributed by atoms with Crippen molar-refractivity contribution in [1.29, 1.82) is 0 Å². The third kappa shape index (κ3) is 5.25. The predicted molar refractivity (Wildman–Crippen MR) is 148 cm³/mol. The van der Waals surface area contributed by atoms with Gasteiger partial charge in [0.25, 0.3) is 0 Å². The monoisotopic (exact) mass is 519 g/mol. The van der Waals surface area contributed by atoms with Crippen LogP contribution in [0, 0.1) is 19.7 Å². The number of hydrogen-bond acceptors (Lipinski definition) is 3. The van der Waals surface area contributed by atoms with Gasteiger partial charge in [-0.15, -0.1) is 0 Å². The molecular formula is C29H34FN5OS.